The van der Waals surface area contributed by atoms with Gasteiger partial charge in [-0.3, -0.25) is 4.79 Å². The summed E-state index contributed by atoms with van der Waals surface area (Å²) < 4.78 is 39.7. The van der Waals surface area contributed by atoms with E-state index in [1.807, 2.05) is 0 Å². The number of carbonyl (C=O) groups is 2. The average molecular weight is 369 g/mol. The zero-order chi connectivity index (χ0) is 19.5. The van der Waals surface area contributed by atoms with Crippen molar-refractivity contribution in [1.29, 1.82) is 0 Å². The molecule has 0 radical (unpaired) electrons. The van der Waals surface area contributed by atoms with E-state index in [1.54, 1.807) is 13.8 Å². The third kappa shape index (κ3) is 4.22. The van der Waals surface area contributed by atoms with Crippen LogP contribution in [0.15, 0.2) is 36.5 Å². The zero-order valence-corrected chi connectivity index (χ0v) is 14.1. The Kier molecular flexibility index (Phi) is 5.69. The van der Waals surface area contributed by atoms with Gasteiger partial charge in [-0.05, 0) is 30.2 Å². The number of carbonyl (C=O) groups excluding carboxylic acids is 1. The van der Waals surface area contributed by atoms with Crippen molar-refractivity contribution in [2.45, 2.75) is 32.5 Å². The number of aliphatic carboxylic acids is 1. The average Bonchev–Trinajstić information content (AvgIpc) is 3.08. The second kappa shape index (κ2) is 7.59. The van der Waals surface area contributed by atoms with Gasteiger partial charge in [-0.25, -0.2) is 9.48 Å². The lowest BCUT2D eigenvalue weighted by Crippen LogP contribution is -2.45. The molecule has 0 saturated heterocycles. The maximum absolute atomic E-state index is 13.0. The first kappa shape index (κ1) is 19.5. The summed E-state index contributed by atoms with van der Waals surface area (Å²) in [7, 11) is 0. The quantitative estimate of drug-likeness (QED) is 0.819. The number of hydrogen-bond acceptors (Lipinski definition) is 3. The van der Waals surface area contributed by atoms with Gasteiger partial charge in [-0.15, -0.1) is 0 Å². The topological polar surface area (TPSA) is 84.2 Å². The molecule has 0 unspecified atom stereocenters. The molecule has 0 bridgehead atoms. The van der Waals surface area contributed by atoms with Crippen LogP contribution in [0.1, 0.15) is 36.3 Å². The summed E-state index contributed by atoms with van der Waals surface area (Å²) in [5.41, 5.74) is -0.885. The number of halogens is 3. The number of nitrogens with zero attached hydrogens (tertiary/aromatic N) is 2. The van der Waals surface area contributed by atoms with Gasteiger partial charge in [0.1, 0.15) is 11.7 Å². The maximum atomic E-state index is 13.0. The van der Waals surface area contributed by atoms with Crippen LogP contribution in [0.5, 0.6) is 0 Å². The van der Waals surface area contributed by atoms with Crippen LogP contribution in [0.4, 0.5) is 13.2 Å². The first-order valence-corrected chi connectivity index (χ1v) is 7.90. The monoisotopic (exact) mass is 369 g/mol. The number of amides is 1. The lowest BCUT2D eigenvalue weighted by atomic mass is 9.99. The summed E-state index contributed by atoms with van der Waals surface area (Å²) in [5.74, 6) is -2.15. The highest BCUT2D eigenvalue weighted by atomic mass is 19.4. The van der Waals surface area contributed by atoms with Crippen molar-refractivity contribution in [3.63, 3.8) is 0 Å². The molecule has 0 aliphatic carbocycles. The molecule has 2 aromatic rings. The van der Waals surface area contributed by atoms with Gasteiger partial charge < -0.3 is 10.4 Å². The molecule has 2 N–H and O–H groups in total. The molecule has 6 nitrogen and oxygen atoms in total. The molecule has 1 aromatic carbocycles. The molecule has 26 heavy (non-hydrogen) atoms. The number of nitrogens with one attached hydrogen (secondary N) is 1. The second-order valence-electron chi connectivity index (χ2n) is 5.85. The van der Waals surface area contributed by atoms with Gasteiger partial charge in [0.15, 0.2) is 0 Å². The van der Waals surface area contributed by atoms with E-state index in [2.05, 4.69) is 10.4 Å². The van der Waals surface area contributed by atoms with Crippen molar-refractivity contribution < 1.29 is 27.9 Å². The minimum Gasteiger partial charge on any atom is -0.480 e. The summed E-state index contributed by atoms with van der Waals surface area (Å²) in [6, 6.07) is 5.15. The first-order chi connectivity index (χ1) is 12.1. The largest absolute Gasteiger partial charge is 0.480 e. The highest BCUT2D eigenvalue weighted by Gasteiger charge is 2.35. The van der Waals surface area contributed by atoms with Crippen LogP contribution in [-0.2, 0) is 11.0 Å². The molecular formula is C17H18F3N3O3. The Bertz CT molecular complexity index is 802. The summed E-state index contributed by atoms with van der Waals surface area (Å²) >= 11 is 0. The summed E-state index contributed by atoms with van der Waals surface area (Å²) in [5, 5.41) is 15.3. The molecule has 1 amide bonds. The molecule has 9 heteroatoms. The van der Waals surface area contributed by atoms with Crippen LogP contribution >= 0.6 is 0 Å². The van der Waals surface area contributed by atoms with E-state index in [1.165, 1.54) is 24.3 Å². The molecule has 2 atom stereocenters. The van der Waals surface area contributed by atoms with Crippen LogP contribution in [0, 0.1) is 5.92 Å². The lowest BCUT2D eigenvalue weighted by Gasteiger charge is -2.20. The third-order valence-corrected chi connectivity index (χ3v) is 4.05. The fourth-order valence-corrected chi connectivity index (χ4v) is 2.41. The number of alkyl halides is 3. The van der Waals surface area contributed by atoms with Gasteiger partial charge in [-0.1, -0.05) is 26.3 Å². The predicted molar refractivity (Wildman–Crippen MR) is 86.9 cm³/mol. The van der Waals surface area contributed by atoms with Crippen LogP contribution in [0.3, 0.4) is 0 Å². The van der Waals surface area contributed by atoms with Crippen LogP contribution in [0.25, 0.3) is 5.69 Å². The van der Waals surface area contributed by atoms with E-state index in [0.717, 1.165) is 12.3 Å². The SMILES string of the molecule is CC[C@H](C)[C@H](NC(=O)c1cccc(-n2nccc2C(F)(F)F)c1)C(=O)O. The normalized spacial score (nSPS) is 13.9. The van der Waals surface area contributed by atoms with Gasteiger partial charge in [0.25, 0.3) is 5.91 Å². The third-order valence-electron chi connectivity index (χ3n) is 4.05. The molecule has 2 rings (SSSR count). The van der Waals surface area contributed by atoms with Crippen molar-refractivity contribution in [3.8, 4) is 5.69 Å². The van der Waals surface area contributed by atoms with Crippen molar-refractivity contribution in [2.24, 2.45) is 5.92 Å². The molecule has 0 saturated carbocycles. The van der Waals surface area contributed by atoms with E-state index in [9.17, 15) is 27.9 Å². The van der Waals surface area contributed by atoms with Gasteiger partial charge in [0.05, 0.1) is 11.9 Å². The fraction of sp³-hybridized carbons (Fsp3) is 0.353. The van der Waals surface area contributed by atoms with Crippen LogP contribution in [-0.4, -0.2) is 32.8 Å². The zero-order valence-electron chi connectivity index (χ0n) is 14.1. The Morgan fingerprint density at radius 1 is 1.31 bits per heavy atom. The Morgan fingerprint density at radius 2 is 2.00 bits per heavy atom. The molecule has 140 valence electrons. The van der Waals surface area contributed by atoms with Crippen molar-refractivity contribution in [3.05, 3.63) is 47.8 Å². The van der Waals surface area contributed by atoms with Gasteiger partial charge in [0, 0.05) is 5.56 Å². The number of aromatic nitrogens is 2. The smallest absolute Gasteiger partial charge is 0.433 e. The minimum absolute atomic E-state index is 0.0423. The molecule has 0 aliphatic heterocycles. The van der Waals surface area contributed by atoms with Gasteiger partial charge >= 0.3 is 12.1 Å². The minimum atomic E-state index is -4.60. The Morgan fingerprint density at radius 3 is 2.58 bits per heavy atom. The predicted octanol–water partition coefficient (Wildman–Crippen LogP) is 3.12. The fourth-order valence-electron chi connectivity index (χ4n) is 2.41. The van der Waals surface area contributed by atoms with Crippen molar-refractivity contribution >= 4 is 11.9 Å². The highest BCUT2D eigenvalue weighted by molar-refractivity contribution is 5.97. The van der Waals surface area contributed by atoms with Crippen LogP contribution in [0.2, 0.25) is 0 Å². The first-order valence-electron chi connectivity index (χ1n) is 7.90. The van der Waals surface area contributed by atoms with Crippen LogP contribution < -0.4 is 5.32 Å². The maximum Gasteiger partial charge on any atom is 0.433 e. The Hall–Kier alpha value is -2.84. The Labute approximate surface area is 147 Å². The van der Waals surface area contributed by atoms with Crippen molar-refractivity contribution in [1.82, 2.24) is 15.1 Å². The van der Waals surface area contributed by atoms with Gasteiger partial charge in [-0.2, -0.15) is 18.3 Å². The van der Waals surface area contributed by atoms with E-state index in [0.29, 0.717) is 11.1 Å². The van der Waals surface area contributed by atoms with E-state index < -0.39 is 29.8 Å². The number of carboxylic acid groups (broad SMARTS) is 1. The summed E-state index contributed by atoms with van der Waals surface area (Å²) in [6.07, 6.45) is -3.04. The lowest BCUT2D eigenvalue weighted by molar-refractivity contribution is -0.143. The van der Waals surface area contributed by atoms with E-state index in [-0.39, 0.29) is 17.2 Å². The highest BCUT2D eigenvalue weighted by Crippen LogP contribution is 2.30. The number of rotatable bonds is 6. The van der Waals surface area contributed by atoms with Crippen molar-refractivity contribution in [2.75, 3.05) is 0 Å². The summed E-state index contributed by atoms with van der Waals surface area (Å²) in [4.78, 5) is 23.7. The number of hydrogen-bond donors (Lipinski definition) is 2. The number of carboxylic acids is 1. The standard InChI is InChI=1S/C17H18F3N3O3/c1-3-10(2)14(16(25)26)22-15(24)11-5-4-6-12(9-11)23-13(7-8-21-23)17(18,19)20/h4-10,14H,3H2,1-2H3,(H,22,24)(H,25,26)/t10-,14-/m0/s1. The second-order valence-corrected chi connectivity index (χ2v) is 5.85. The molecule has 1 aromatic heterocycles. The summed E-state index contributed by atoms with van der Waals surface area (Å²) in [6.45, 7) is 3.48. The molecular weight excluding hydrogens is 351 g/mol. The van der Waals surface area contributed by atoms with Gasteiger partial charge in [0.2, 0.25) is 0 Å². The molecule has 1 heterocycles. The molecule has 0 fully saturated rings. The molecule has 0 aliphatic rings. The van der Waals surface area contributed by atoms with E-state index >= 15 is 0 Å². The Balaban J connectivity index is 2.31. The number of benzene rings is 1. The molecule has 0 spiro atoms. The van der Waals surface area contributed by atoms with E-state index in [4.69, 9.17) is 0 Å².